The number of rotatable bonds is 3. The average molecular weight is 241 g/mol. The summed E-state index contributed by atoms with van der Waals surface area (Å²) in [5.74, 6) is 0. The second-order valence-corrected chi connectivity index (χ2v) is 4.46. The van der Waals surface area contributed by atoms with Crippen molar-refractivity contribution in [1.82, 2.24) is 0 Å². The number of anilines is 1. The van der Waals surface area contributed by atoms with Gasteiger partial charge in [0.15, 0.2) is 0 Å². The lowest BCUT2D eigenvalue weighted by Gasteiger charge is -2.13. The van der Waals surface area contributed by atoms with Crippen molar-refractivity contribution in [2.24, 2.45) is 0 Å². The minimum Gasteiger partial charge on any atom is -0.382 e. The highest BCUT2D eigenvalue weighted by Crippen LogP contribution is 2.29. The van der Waals surface area contributed by atoms with E-state index in [9.17, 15) is 10.1 Å². The van der Waals surface area contributed by atoms with Crippen LogP contribution in [0.2, 0.25) is 5.02 Å². The molecule has 1 aromatic rings. The van der Waals surface area contributed by atoms with E-state index in [0.29, 0.717) is 6.04 Å². The molecule has 0 spiro atoms. The number of hydrogen-bond acceptors (Lipinski definition) is 3. The van der Waals surface area contributed by atoms with E-state index in [1.807, 2.05) is 0 Å². The summed E-state index contributed by atoms with van der Waals surface area (Å²) in [6, 6.07) is 5.26. The lowest BCUT2D eigenvalue weighted by Crippen LogP contribution is -2.14. The van der Waals surface area contributed by atoms with E-state index >= 15 is 0 Å². The van der Waals surface area contributed by atoms with E-state index in [-0.39, 0.29) is 10.7 Å². The Kier molecular flexibility index (Phi) is 3.29. The second-order valence-electron chi connectivity index (χ2n) is 4.05. The Hall–Kier alpha value is -1.29. The van der Waals surface area contributed by atoms with Crippen LogP contribution in [0.15, 0.2) is 18.2 Å². The minimum absolute atomic E-state index is 0.0429. The van der Waals surface area contributed by atoms with Gasteiger partial charge in [0, 0.05) is 17.8 Å². The topological polar surface area (TPSA) is 55.2 Å². The predicted octanol–water partition coefficient (Wildman–Crippen LogP) is 3.60. The van der Waals surface area contributed by atoms with Gasteiger partial charge in [0.2, 0.25) is 0 Å². The zero-order chi connectivity index (χ0) is 11.5. The first-order valence-electron chi connectivity index (χ1n) is 5.37. The Bertz CT molecular complexity index is 403. The van der Waals surface area contributed by atoms with Crippen molar-refractivity contribution in [3.8, 4) is 0 Å². The molecule has 16 heavy (non-hydrogen) atoms. The van der Waals surface area contributed by atoms with Crippen LogP contribution in [0.1, 0.15) is 25.7 Å². The van der Waals surface area contributed by atoms with Crippen molar-refractivity contribution in [3.05, 3.63) is 33.3 Å². The number of nitro groups is 1. The van der Waals surface area contributed by atoms with E-state index in [0.717, 1.165) is 18.5 Å². The highest BCUT2D eigenvalue weighted by atomic mass is 35.5. The average Bonchev–Trinajstić information content (AvgIpc) is 2.70. The van der Waals surface area contributed by atoms with Crippen molar-refractivity contribution in [1.29, 1.82) is 0 Å². The molecule has 0 aliphatic heterocycles. The van der Waals surface area contributed by atoms with Crippen LogP contribution >= 0.6 is 11.6 Å². The van der Waals surface area contributed by atoms with Crippen LogP contribution in [0, 0.1) is 10.1 Å². The first kappa shape index (κ1) is 11.2. The zero-order valence-electron chi connectivity index (χ0n) is 8.78. The molecule has 1 aromatic carbocycles. The van der Waals surface area contributed by atoms with Crippen LogP contribution in [0.3, 0.4) is 0 Å². The molecule has 0 bridgehead atoms. The van der Waals surface area contributed by atoms with Crippen molar-refractivity contribution >= 4 is 23.0 Å². The Labute approximate surface area is 98.8 Å². The van der Waals surface area contributed by atoms with E-state index < -0.39 is 4.92 Å². The molecule has 4 nitrogen and oxygen atoms in total. The molecule has 0 atom stereocenters. The molecule has 0 saturated heterocycles. The third-order valence-corrected chi connectivity index (χ3v) is 3.17. The maximum Gasteiger partial charge on any atom is 0.288 e. The molecule has 0 heterocycles. The molecular weight excluding hydrogens is 228 g/mol. The number of nitrogens with zero attached hydrogens (tertiary/aromatic N) is 1. The SMILES string of the molecule is O=[N+]([O-])c1ccc(NC2CCCC2)cc1Cl. The Morgan fingerprint density at radius 1 is 1.38 bits per heavy atom. The fourth-order valence-corrected chi connectivity index (χ4v) is 2.30. The number of halogens is 1. The van der Waals surface area contributed by atoms with Crippen molar-refractivity contribution < 1.29 is 4.92 Å². The highest BCUT2D eigenvalue weighted by molar-refractivity contribution is 6.32. The number of hydrogen-bond donors (Lipinski definition) is 1. The maximum absolute atomic E-state index is 10.6. The molecule has 1 N–H and O–H groups in total. The quantitative estimate of drug-likeness (QED) is 0.649. The summed E-state index contributed by atoms with van der Waals surface area (Å²) < 4.78 is 0. The molecule has 1 aliphatic rings. The molecule has 86 valence electrons. The highest BCUT2D eigenvalue weighted by Gasteiger charge is 2.16. The normalized spacial score (nSPS) is 16.3. The Morgan fingerprint density at radius 3 is 2.62 bits per heavy atom. The Balaban J connectivity index is 2.11. The van der Waals surface area contributed by atoms with Gasteiger partial charge in [-0.05, 0) is 25.0 Å². The van der Waals surface area contributed by atoms with Gasteiger partial charge < -0.3 is 5.32 Å². The first-order chi connectivity index (χ1) is 7.66. The number of benzene rings is 1. The van der Waals surface area contributed by atoms with E-state index in [2.05, 4.69) is 5.32 Å². The summed E-state index contributed by atoms with van der Waals surface area (Å²) in [5, 5.41) is 14.1. The zero-order valence-corrected chi connectivity index (χ0v) is 9.54. The second kappa shape index (κ2) is 4.70. The Morgan fingerprint density at radius 2 is 2.06 bits per heavy atom. The molecule has 1 aliphatic carbocycles. The van der Waals surface area contributed by atoms with Gasteiger partial charge in [0.25, 0.3) is 5.69 Å². The molecule has 2 rings (SSSR count). The third kappa shape index (κ3) is 2.44. The maximum atomic E-state index is 10.6. The van der Waals surface area contributed by atoms with Gasteiger partial charge in [0.05, 0.1) is 4.92 Å². The van der Waals surface area contributed by atoms with Crippen LogP contribution in [0.5, 0.6) is 0 Å². The molecular formula is C11H13ClN2O2. The van der Waals surface area contributed by atoms with Gasteiger partial charge in [-0.3, -0.25) is 10.1 Å². The standard InChI is InChI=1S/C11H13ClN2O2/c12-10-7-9(5-6-11(10)14(15)16)13-8-3-1-2-4-8/h5-8,13H,1-4H2. The summed E-state index contributed by atoms with van der Waals surface area (Å²) in [7, 11) is 0. The fourth-order valence-electron chi connectivity index (χ4n) is 2.05. The molecule has 0 radical (unpaired) electrons. The van der Waals surface area contributed by atoms with Crippen LogP contribution < -0.4 is 5.32 Å². The van der Waals surface area contributed by atoms with Crippen molar-refractivity contribution in [3.63, 3.8) is 0 Å². The molecule has 1 saturated carbocycles. The van der Waals surface area contributed by atoms with E-state index in [1.165, 1.54) is 18.9 Å². The fraction of sp³-hybridized carbons (Fsp3) is 0.455. The monoisotopic (exact) mass is 240 g/mol. The van der Waals surface area contributed by atoms with Crippen LogP contribution in [-0.2, 0) is 0 Å². The largest absolute Gasteiger partial charge is 0.382 e. The summed E-state index contributed by atoms with van der Waals surface area (Å²) in [4.78, 5) is 10.1. The molecule has 5 heteroatoms. The lowest BCUT2D eigenvalue weighted by atomic mass is 10.2. The first-order valence-corrected chi connectivity index (χ1v) is 5.75. The van der Waals surface area contributed by atoms with Gasteiger partial charge in [-0.25, -0.2) is 0 Å². The van der Waals surface area contributed by atoms with Gasteiger partial charge in [0.1, 0.15) is 5.02 Å². The van der Waals surface area contributed by atoms with E-state index in [4.69, 9.17) is 11.6 Å². The molecule has 0 aromatic heterocycles. The molecule has 0 unspecified atom stereocenters. The number of nitro benzene ring substituents is 1. The van der Waals surface area contributed by atoms with Gasteiger partial charge in [-0.1, -0.05) is 24.4 Å². The van der Waals surface area contributed by atoms with Crippen LogP contribution in [0.4, 0.5) is 11.4 Å². The third-order valence-electron chi connectivity index (χ3n) is 2.87. The minimum atomic E-state index is -0.471. The summed E-state index contributed by atoms with van der Waals surface area (Å²) >= 11 is 5.83. The van der Waals surface area contributed by atoms with Crippen LogP contribution in [0.25, 0.3) is 0 Å². The lowest BCUT2D eigenvalue weighted by molar-refractivity contribution is -0.384. The van der Waals surface area contributed by atoms with Gasteiger partial charge >= 0.3 is 0 Å². The smallest absolute Gasteiger partial charge is 0.288 e. The summed E-state index contributed by atoms with van der Waals surface area (Å²) in [6.45, 7) is 0. The number of nitrogens with one attached hydrogen (secondary N) is 1. The van der Waals surface area contributed by atoms with E-state index in [1.54, 1.807) is 12.1 Å². The summed E-state index contributed by atoms with van der Waals surface area (Å²) in [5.41, 5.74) is 0.820. The predicted molar refractivity (Wildman–Crippen MR) is 64.0 cm³/mol. The summed E-state index contributed by atoms with van der Waals surface area (Å²) in [6.07, 6.45) is 4.82. The van der Waals surface area contributed by atoms with Crippen LogP contribution in [-0.4, -0.2) is 11.0 Å². The molecule has 1 fully saturated rings. The van der Waals surface area contributed by atoms with Crippen molar-refractivity contribution in [2.75, 3.05) is 5.32 Å². The molecule has 0 amide bonds. The van der Waals surface area contributed by atoms with Gasteiger partial charge in [-0.15, -0.1) is 0 Å². The van der Waals surface area contributed by atoms with Gasteiger partial charge in [-0.2, -0.15) is 0 Å². The van der Waals surface area contributed by atoms with Crippen molar-refractivity contribution in [2.45, 2.75) is 31.7 Å².